The Balaban J connectivity index is 2.72. The molecule has 0 saturated carbocycles. The van der Waals surface area contributed by atoms with Crippen molar-refractivity contribution in [1.29, 1.82) is 0 Å². The van der Waals surface area contributed by atoms with E-state index in [1.165, 1.54) is 18.2 Å². The minimum absolute atomic E-state index is 0.0477. The Morgan fingerprint density at radius 1 is 1.36 bits per heavy atom. The monoisotopic (exact) mass is 192 g/mol. The first-order chi connectivity index (χ1) is 6.58. The topological polar surface area (TPSA) is 99.3 Å². The van der Waals surface area contributed by atoms with Gasteiger partial charge in [-0.15, -0.1) is 0 Å². The van der Waals surface area contributed by atoms with Crippen LogP contribution in [0.5, 0.6) is 5.75 Å². The molecular formula is C9H8N2O3. The summed E-state index contributed by atoms with van der Waals surface area (Å²) in [4.78, 5) is 13.3. The van der Waals surface area contributed by atoms with Crippen LogP contribution in [0.1, 0.15) is 10.5 Å². The highest BCUT2D eigenvalue weighted by molar-refractivity contribution is 5.95. The van der Waals surface area contributed by atoms with Crippen molar-refractivity contribution >= 4 is 22.6 Å². The fourth-order valence-electron chi connectivity index (χ4n) is 1.30. The van der Waals surface area contributed by atoms with E-state index in [0.29, 0.717) is 10.9 Å². The molecule has 0 bridgehead atoms. The molecule has 5 N–H and O–H groups in total. The van der Waals surface area contributed by atoms with E-state index in [4.69, 9.17) is 10.8 Å². The zero-order valence-electron chi connectivity index (χ0n) is 7.11. The molecule has 5 nitrogen and oxygen atoms in total. The van der Waals surface area contributed by atoms with E-state index in [-0.39, 0.29) is 17.1 Å². The van der Waals surface area contributed by atoms with E-state index >= 15 is 0 Å². The number of nitrogens with one attached hydrogen (secondary N) is 1. The largest absolute Gasteiger partial charge is 0.506 e. The average molecular weight is 192 g/mol. The number of aromatic hydroxyl groups is 1. The average Bonchev–Trinajstić information content (AvgIpc) is 2.48. The molecule has 0 amide bonds. The van der Waals surface area contributed by atoms with E-state index in [2.05, 4.69) is 4.98 Å². The summed E-state index contributed by atoms with van der Waals surface area (Å²) >= 11 is 0. The molecule has 0 aliphatic rings. The second kappa shape index (κ2) is 2.66. The normalized spacial score (nSPS) is 10.6. The summed E-state index contributed by atoms with van der Waals surface area (Å²) in [6, 6.07) is 4.36. The zero-order chi connectivity index (χ0) is 10.3. The van der Waals surface area contributed by atoms with E-state index in [1.54, 1.807) is 0 Å². The van der Waals surface area contributed by atoms with Gasteiger partial charge in [0.15, 0.2) is 0 Å². The van der Waals surface area contributed by atoms with Crippen molar-refractivity contribution in [2.24, 2.45) is 0 Å². The number of aromatic carboxylic acids is 1. The third-order valence-electron chi connectivity index (χ3n) is 2.00. The number of carbonyl (C=O) groups is 1. The van der Waals surface area contributed by atoms with Crippen LogP contribution in [0.3, 0.4) is 0 Å². The molecule has 14 heavy (non-hydrogen) atoms. The van der Waals surface area contributed by atoms with Gasteiger partial charge in [-0.1, -0.05) is 0 Å². The van der Waals surface area contributed by atoms with Gasteiger partial charge in [0, 0.05) is 10.9 Å². The van der Waals surface area contributed by atoms with Gasteiger partial charge in [-0.05, 0) is 18.2 Å². The fourth-order valence-corrected chi connectivity index (χ4v) is 1.30. The number of hydrogen-bond donors (Lipinski definition) is 4. The molecule has 0 fully saturated rings. The second-order valence-electron chi connectivity index (χ2n) is 2.99. The van der Waals surface area contributed by atoms with E-state index < -0.39 is 5.97 Å². The smallest absolute Gasteiger partial charge is 0.352 e. The molecule has 1 aromatic carbocycles. The van der Waals surface area contributed by atoms with Crippen LogP contribution in [-0.2, 0) is 0 Å². The van der Waals surface area contributed by atoms with Gasteiger partial charge in [-0.3, -0.25) is 0 Å². The number of nitrogen functional groups attached to an aromatic ring is 1. The Morgan fingerprint density at radius 3 is 2.71 bits per heavy atom. The fraction of sp³-hybridized carbons (Fsp3) is 0. The molecule has 0 aliphatic carbocycles. The number of anilines is 1. The van der Waals surface area contributed by atoms with Gasteiger partial charge < -0.3 is 20.9 Å². The molecule has 0 atom stereocenters. The molecule has 5 heteroatoms. The lowest BCUT2D eigenvalue weighted by Crippen LogP contribution is -1.94. The molecule has 2 rings (SSSR count). The second-order valence-corrected chi connectivity index (χ2v) is 2.99. The van der Waals surface area contributed by atoms with E-state index in [9.17, 15) is 9.90 Å². The molecule has 1 heterocycles. The number of rotatable bonds is 1. The molecule has 72 valence electrons. The number of carboxylic acid groups (broad SMARTS) is 1. The number of carboxylic acids is 1. The maximum atomic E-state index is 10.6. The first kappa shape index (κ1) is 8.43. The maximum Gasteiger partial charge on any atom is 0.352 e. The van der Waals surface area contributed by atoms with Crippen molar-refractivity contribution in [1.82, 2.24) is 4.98 Å². The lowest BCUT2D eigenvalue weighted by atomic mass is 10.2. The van der Waals surface area contributed by atoms with Crippen molar-refractivity contribution in [3.8, 4) is 5.75 Å². The predicted octanol–water partition coefficient (Wildman–Crippen LogP) is 1.15. The molecule has 0 saturated heterocycles. The Morgan fingerprint density at radius 2 is 2.07 bits per heavy atom. The summed E-state index contributed by atoms with van der Waals surface area (Å²) in [6.07, 6.45) is 0. The minimum atomic E-state index is -1.04. The summed E-state index contributed by atoms with van der Waals surface area (Å²) < 4.78 is 0. The van der Waals surface area contributed by atoms with Crippen molar-refractivity contribution < 1.29 is 15.0 Å². The summed E-state index contributed by atoms with van der Waals surface area (Å²) in [5.41, 5.74) is 6.34. The predicted molar refractivity (Wildman–Crippen MR) is 51.3 cm³/mol. The van der Waals surface area contributed by atoms with Gasteiger partial charge in [0.05, 0.1) is 5.69 Å². The molecule has 0 spiro atoms. The number of phenolic OH excluding ortho intramolecular Hbond substituents is 1. The highest BCUT2D eigenvalue weighted by Crippen LogP contribution is 2.26. The lowest BCUT2D eigenvalue weighted by Gasteiger charge is -1.97. The number of phenols is 1. The number of benzene rings is 1. The Bertz CT molecular complexity index is 477. The highest BCUT2D eigenvalue weighted by atomic mass is 16.4. The summed E-state index contributed by atoms with van der Waals surface area (Å²) in [5.74, 6) is -1.09. The minimum Gasteiger partial charge on any atom is -0.506 e. The first-order valence-corrected chi connectivity index (χ1v) is 3.92. The molecule has 0 radical (unpaired) electrons. The van der Waals surface area contributed by atoms with E-state index in [1.807, 2.05) is 0 Å². The molecule has 0 unspecified atom stereocenters. The number of fused-ring (bicyclic) bond motifs is 1. The van der Waals surface area contributed by atoms with Gasteiger partial charge in [0.2, 0.25) is 0 Å². The van der Waals surface area contributed by atoms with E-state index in [0.717, 1.165) is 0 Å². The molecular weight excluding hydrogens is 184 g/mol. The van der Waals surface area contributed by atoms with Crippen LogP contribution in [-0.4, -0.2) is 21.2 Å². The number of nitrogens with two attached hydrogens (primary N) is 1. The summed E-state index contributed by atoms with van der Waals surface area (Å²) in [5, 5.41) is 18.6. The van der Waals surface area contributed by atoms with Crippen molar-refractivity contribution in [3.05, 3.63) is 23.9 Å². The van der Waals surface area contributed by atoms with Crippen LogP contribution in [0.4, 0.5) is 5.69 Å². The number of hydrogen-bond acceptors (Lipinski definition) is 3. The number of aromatic nitrogens is 1. The quantitative estimate of drug-likeness (QED) is 0.402. The number of H-pyrrole nitrogens is 1. The van der Waals surface area contributed by atoms with Gasteiger partial charge in [-0.25, -0.2) is 4.79 Å². The Hall–Kier alpha value is -2.17. The van der Waals surface area contributed by atoms with Crippen LogP contribution < -0.4 is 5.73 Å². The van der Waals surface area contributed by atoms with Gasteiger partial charge in [0.1, 0.15) is 11.4 Å². The van der Waals surface area contributed by atoms with Gasteiger partial charge >= 0.3 is 5.97 Å². The third kappa shape index (κ3) is 1.15. The Kier molecular flexibility index (Phi) is 1.60. The van der Waals surface area contributed by atoms with Gasteiger partial charge in [0.25, 0.3) is 0 Å². The molecule has 1 aromatic heterocycles. The van der Waals surface area contributed by atoms with Crippen LogP contribution in [0, 0.1) is 0 Å². The van der Waals surface area contributed by atoms with Gasteiger partial charge in [-0.2, -0.15) is 0 Å². The standard InChI is InChI=1S/C9H8N2O3/c10-5-3-6-4(2-8(5)12)1-7(11-6)9(13)14/h1-3,11-12H,10H2,(H,13,14). The summed E-state index contributed by atoms with van der Waals surface area (Å²) in [6.45, 7) is 0. The van der Waals surface area contributed by atoms with Crippen LogP contribution in [0.15, 0.2) is 18.2 Å². The lowest BCUT2D eigenvalue weighted by molar-refractivity contribution is 0.0691. The van der Waals surface area contributed by atoms with Crippen molar-refractivity contribution in [2.75, 3.05) is 5.73 Å². The third-order valence-corrected chi connectivity index (χ3v) is 2.00. The first-order valence-electron chi connectivity index (χ1n) is 3.92. The summed E-state index contributed by atoms with van der Waals surface area (Å²) in [7, 11) is 0. The van der Waals surface area contributed by atoms with Crippen LogP contribution in [0.2, 0.25) is 0 Å². The maximum absolute atomic E-state index is 10.6. The van der Waals surface area contributed by atoms with Crippen LogP contribution >= 0.6 is 0 Å². The Labute approximate surface area is 78.8 Å². The highest BCUT2D eigenvalue weighted by Gasteiger charge is 2.08. The molecule has 2 aromatic rings. The number of aromatic amines is 1. The van der Waals surface area contributed by atoms with Crippen LogP contribution in [0.25, 0.3) is 10.9 Å². The zero-order valence-corrected chi connectivity index (χ0v) is 7.11. The molecule has 0 aliphatic heterocycles. The van der Waals surface area contributed by atoms with Crippen molar-refractivity contribution in [3.63, 3.8) is 0 Å². The SMILES string of the molecule is Nc1cc2[nH]c(C(=O)O)cc2cc1O. The van der Waals surface area contributed by atoms with Crippen molar-refractivity contribution in [2.45, 2.75) is 0 Å².